The molecule has 1 saturated heterocycles. The highest BCUT2D eigenvalue weighted by atomic mass is 79.9. The molecule has 1 heterocycles. The van der Waals surface area contributed by atoms with Gasteiger partial charge in [-0.3, -0.25) is 4.79 Å². The van der Waals surface area contributed by atoms with Gasteiger partial charge in [-0.25, -0.2) is 0 Å². The van der Waals surface area contributed by atoms with Crippen molar-refractivity contribution in [3.05, 3.63) is 0 Å². The minimum atomic E-state index is -0.0172. The molecule has 0 radical (unpaired) electrons. The van der Waals surface area contributed by atoms with Gasteiger partial charge < -0.3 is 10.1 Å². The summed E-state index contributed by atoms with van der Waals surface area (Å²) in [5.74, 6) is 1.03. The SMILES string of the molecule is CCC(CC)C(Br)CNC(=O)C1C(C)OC(C)C1C. The summed E-state index contributed by atoms with van der Waals surface area (Å²) >= 11 is 3.70. The van der Waals surface area contributed by atoms with Gasteiger partial charge in [0.1, 0.15) is 0 Å². The summed E-state index contributed by atoms with van der Waals surface area (Å²) in [6.07, 6.45) is 2.47. The van der Waals surface area contributed by atoms with Crippen molar-refractivity contribution >= 4 is 21.8 Å². The molecule has 5 unspecified atom stereocenters. The van der Waals surface area contributed by atoms with E-state index in [4.69, 9.17) is 4.74 Å². The Bertz CT molecular complexity index is 294. The zero-order valence-electron chi connectivity index (χ0n) is 12.8. The Hall–Kier alpha value is -0.0900. The van der Waals surface area contributed by atoms with E-state index in [9.17, 15) is 4.79 Å². The topological polar surface area (TPSA) is 38.3 Å². The highest BCUT2D eigenvalue weighted by molar-refractivity contribution is 9.09. The van der Waals surface area contributed by atoms with Crippen molar-refractivity contribution in [3.63, 3.8) is 0 Å². The first kappa shape index (κ1) is 17.0. The predicted molar refractivity (Wildman–Crippen MR) is 82.5 cm³/mol. The molecule has 1 N–H and O–H groups in total. The molecule has 0 aromatic rings. The van der Waals surface area contributed by atoms with E-state index in [0.29, 0.717) is 17.3 Å². The van der Waals surface area contributed by atoms with Crippen LogP contribution in [0.3, 0.4) is 0 Å². The quantitative estimate of drug-likeness (QED) is 0.757. The Balaban J connectivity index is 2.47. The van der Waals surface area contributed by atoms with Crippen molar-refractivity contribution in [1.29, 1.82) is 0 Å². The second-order valence-corrected chi connectivity index (χ2v) is 6.95. The Morgan fingerprint density at radius 2 is 1.79 bits per heavy atom. The zero-order valence-corrected chi connectivity index (χ0v) is 14.4. The molecule has 1 fully saturated rings. The van der Waals surface area contributed by atoms with Crippen LogP contribution in [0.5, 0.6) is 0 Å². The van der Waals surface area contributed by atoms with Crippen LogP contribution in [0.2, 0.25) is 0 Å². The van der Waals surface area contributed by atoms with Gasteiger partial charge >= 0.3 is 0 Å². The highest BCUT2D eigenvalue weighted by Gasteiger charge is 2.41. The van der Waals surface area contributed by atoms with Crippen LogP contribution in [-0.4, -0.2) is 29.5 Å². The lowest BCUT2D eigenvalue weighted by molar-refractivity contribution is -0.127. The van der Waals surface area contributed by atoms with Crippen LogP contribution < -0.4 is 5.32 Å². The fourth-order valence-corrected chi connectivity index (χ4v) is 3.91. The first-order valence-corrected chi connectivity index (χ1v) is 8.41. The second kappa shape index (κ2) is 7.63. The summed E-state index contributed by atoms with van der Waals surface area (Å²) in [5, 5.41) is 3.09. The number of carbonyl (C=O) groups is 1. The summed E-state index contributed by atoms with van der Waals surface area (Å²) in [6, 6.07) is 0. The Kier molecular flexibility index (Phi) is 6.81. The minimum Gasteiger partial charge on any atom is -0.374 e. The normalized spacial score (nSPS) is 32.6. The third-order valence-corrected chi connectivity index (χ3v) is 5.65. The van der Waals surface area contributed by atoms with Crippen molar-refractivity contribution in [1.82, 2.24) is 5.32 Å². The van der Waals surface area contributed by atoms with E-state index in [1.807, 2.05) is 13.8 Å². The van der Waals surface area contributed by atoms with Gasteiger partial charge in [0.15, 0.2) is 0 Å². The van der Waals surface area contributed by atoms with Crippen LogP contribution in [0.15, 0.2) is 0 Å². The average molecular weight is 334 g/mol. The zero-order chi connectivity index (χ0) is 14.6. The molecule has 3 nitrogen and oxygen atoms in total. The smallest absolute Gasteiger partial charge is 0.226 e. The monoisotopic (exact) mass is 333 g/mol. The average Bonchev–Trinajstić information content (AvgIpc) is 2.62. The van der Waals surface area contributed by atoms with Crippen molar-refractivity contribution in [2.24, 2.45) is 17.8 Å². The maximum absolute atomic E-state index is 12.3. The lowest BCUT2D eigenvalue weighted by Crippen LogP contribution is -2.40. The molecule has 1 rings (SSSR count). The largest absolute Gasteiger partial charge is 0.374 e. The molecule has 0 bridgehead atoms. The van der Waals surface area contributed by atoms with Gasteiger partial charge in [-0.1, -0.05) is 49.5 Å². The first-order chi connectivity index (χ1) is 8.92. The summed E-state index contributed by atoms with van der Waals surface area (Å²) in [7, 11) is 0. The lowest BCUT2D eigenvalue weighted by Gasteiger charge is -2.23. The molecule has 1 amide bonds. The number of amides is 1. The molecule has 0 saturated carbocycles. The van der Waals surface area contributed by atoms with E-state index in [1.165, 1.54) is 0 Å². The molecule has 4 heteroatoms. The van der Waals surface area contributed by atoms with Crippen LogP contribution in [0, 0.1) is 17.8 Å². The number of hydrogen-bond donors (Lipinski definition) is 1. The van der Waals surface area contributed by atoms with E-state index >= 15 is 0 Å². The summed E-state index contributed by atoms with van der Waals surface area (Å²) < 4.78 is 5.73. The van der Waals surface area contributed by atoms with Gasteiger partial charge in [-0.2, -0.15) is 0 Å². The summed E-state index contributed by atoms with van der Waals surface area (Å²) in [5.41, 5.74) is 0. The minimum absolute atomic E-state index is 0.0172. The van der Waals surface area contributed by atoms with Gasteiger partial charge in [-0.15, -0.1) is 0 Å². The molecular formula is C15H28BrNO2. The van der Waals surface area contributed by atoms with Crippen LogP contribution in [0.4, 0.5) is 0 Å². The molecule has 5 atom stereocenters. The van der Waals surface area contributed by atoms with E-state index < -0.39 is 0 Å². The summed E-state index contributed by atoms with van der Waals surface area (Å²) in [4.78, 5) is 12.7. The van der Waals surface area contributed by atoms with Crippen LogP contribution in [0.1, 0.15) is 47.5 Å². The third-order valence-electron chi connectivity index (χ3n) is 4.58. The van der Waals surface area contributed by atoms with Crippen LogP contribution in [-0.2, 0) is 9.53 Å². The number of halogens is 1. The molecular weight excluding hydrogens is 306 g/mol. The first-order valence-electron chi connectivity index (χ1n) is 7.49. The molecule has 0 spiro atoms. The second-order valence-electron chi connectivity index (χ2n) is 5.77. The molecule has 19 heavy (non-hydrogen) atoms. The van der Waals surface area contributed by atoms with Gasteiger partial charge in [0.05, 0.1) is 18.1 Å². The molecule has 0 aromatic heterocycles. The van der Waals surface area contributed by atoms with Gasteiger partial charge in [0.25, 0.3) is 0 Å². The number of carbonyl (C=O) groups excluding carboxylic acids is 1. The van der Waals surface area contributed by atoms with E-state index in [0.717, 1.165) is 12.8 Å². The van der Waals surface area contributed by atoms with Gasteiger partial charge in [-0.05, 0) is 25.7 Å². The Morgan fingerprint density at radius 1 is 1.21 bits per heavy atom. The molecule has 0 aliphatic carbocycles. The van der Waals surface area contributed by atoms with Crippen molar-refractivity contribution < 1.29 is 9.53 Å². The van der Waals surface area contributed by atoms with Crippen molar-refractivity contribution in [3.8, 4) is 0 Å². The number of ether oxygens (including phenoxy) is 1. The maximum Gasteiger partial charge on any atom is 0.226 e. The molecule has 1 aliphatic rings. The number of alkyl halides is 1. The van der Waals surface area contributed by atoms with Gasteiger partial charge in [0.2, 0.25) is 5.91 Å². The van der Waals surface area contributed by atoms with Crippen molar-refractivity contribution in [2.75, 3.05) is 6.54 Å². The van der Waals surface area contributed by atoms with Gasteiger partial charge in [0, 0.05) is 11.4 Å². The van der Waals surface area contributed by atoms with Crippen LogP contribution in [0.25, 0.3) is 0 Å². The molecule has 0 aromatic carbocycles. The number of hydrogen-bond acceptors (Lipinski definition) is 2. The molecule has 1 aliphatic heterocycles. The van der Waals surface area contributed by atoms with E-state index in [2.05, 4.69) is 42.0 Å². The van der Waals surface area contributed by atoms with Crippen molar-refractivity contribution in [2.45, 2.75) is 64.5 Å². The van der Waals surface area contributed by atoms with E-state index in [1.54, 1.807) is 0 Å². The summed E-state index contributed by atoms with van der Waals surface area (Å²) in [6.45, 7) is 11.2. The highest BCUT2D eigenvalue weighted by Crippen LogP contribution is 2.32. The number of rotatable bonds is 6. The molecule has 112 valence electrons. The Labute approximate surface area is 126 Å². The standard InChI is InChI=1S/C15H28BrNO2/c1-6-12(7-2)13(16)8-17-15(18)14-9(3)10(4)19-11(14)5/h9-14H,6-8H2,1-5H3,(H,17,18). The fourth-order valence-electron chi connectivity index (χ4n) is 3.00. The maximum atomic E-state index is 12.3. The fraction of sp³-hybridized carbons (Fsp3) is 0.933. The number of nitrogens with one attached hydrogen (secondary N) is 1. The van der Waals surface area contributed by atoms with E-state index in [-0.39, 0.29) is 30.0 Å². The van der Waals surface area contributed by atoms with Crippen LogP contribution >= 0.6 is 15.9 Å². The third kappa shape index (κ3) is 4.19. The lowest BCUT2D eigenvalue weighted by atomic mass is 9.88. The predicted octanol–water partition coefficient (Wildman–Crippen LogP) is 3.36. The Morgan fingerprint density at radius 3 is 2.21 bits per heavy atom.